The molecule has 76 valence electrons. The van der Waals surface area contributed by atoms with E-state index < -0.39 is 0 Å². The Hall–Kier alpha value is -0.790. The SMILES string of the molecule is C/C=C/CCNC(=O)CC(C)(C)C. The lowest BCUT2D eigenvalue weighted by Crippen LogP contribution is -2.28. The van der Waals surface area contributed by atoms with Crippen LogP contribution in [0.2, 0.25) is 0 Å². The molecule has 0 spiro atoms. The second-order valence-electron chi connectivity index (χ2n) is 4.45. The normalized spacial score (nSPS) is 12.0. The molecule has 0 aromatic rings. The van der Waals surface area contributed by atoms with Crippen LogP contribution in [0.4, 0.5) is 0 Å². The highest BCUT2D eigenvalue weighted by Gasteiger charge is 2.14. The van der Waals surface area contributed by atoms with Crippen LogP contribution in [0.3, 0.4) is 0 Å². The van der Waals surface area contributed by atoms with Crippen molar-refractivity contribution < 1.29 is 4.79 Å². The first-order chi connectivity index (χ1) is 5.95. The van der Waals surface area contributed by atoms with Crippen LogP contribution in [0.25, 0.3) is 0 Å². The van der Waals surface area contributed by atoms with E-state index in [1.165, 1.54) is 0 Å². The maximum atomic E-state index is 11.3. The molecule has 1 N–H and O–H groups in total. The van der Waals surface area contributed by atoms with Crippen molar-refractivity contribution in [2.45, 2.75) is 40.5 Å². The fourth-order valence-corrected chi connectivity index (χ4v) is 1.01. The molecule has 0 saturated heterocycles. The van der Waals surface area contributed by atoms with Crippen molar-refractivity contribution in [3.05, 3.63) is 12.2 Å². The highest BCUT2D eigenvalue weighted by Crippen LogP contribution is 2.17. The number of nitrogens with one attached hydrogen (secondary N) is 1. The second kappa shape index (κ2) is 5.79. The molecular formula is C11H21NO. The monoisotopic (exact) mass is 183 g/mol. The largest absolute Gasteiger partial charge is 0.356 e. The van der Waals surface area contributed by atoms with Gasteiger partial charge in [-0.1, -0.05) is 32.9 Å². The van der Waals surface area contributed by atoms with Crippen LogP contribution < -0.4 is 5.32 Å². The number of hydrogen-bond acceptors (Lipinski definition) is 1. The summed E-state index contributed by atoms with van der Waals surface area (Å²) in [4.78, 5) is 11.3. The van der Waals surface area contributed by atoms with E-state index in [4.69, 9.17) is 0 Å². The smallest absolute Gasteiger partial charge is 0.220 e. The van der Waals surface area contributed by atoms with Crippen LogP contribution in [0, 0.1) is 5.41 Å². The highest BCUT2D eigenvalue weighted by atomic mass is 16.1. The summed E-state index contributed by atoms with van der Waals surface area (Å²) in [6.45, 7) is 8.94. The lowest BCUT2D eigenvalue weighted by atomic mass is 9.92. The molecule has 2 nitrogen and oxygen atoms in total. The summed E-state index contributed by atoms with van der Waals surface area (Å²) in [5.41, 5.74) is 0.0880. The predicted molar refractivity (Wildman–Crippen MR) is 56.5 cm³/mol. The molecule has 0 bridgehead atoms. The number of rotatable bonds is 4. The van der Waals surface area contributed by atoms with Gasteiger partial charge < -0.3 is 5.32 Å². The van der Waals surface area contributed by atoms with E-state index in [0.717, 1.165) is 13.0 Å². The molecule has 2 heteroatoms. The first-order valence-electron chi connectivity index (χ1n) is 4.83. The first kappa shape index (κ1) is 12.2. The fraction of sp³-hybridized carbons (Fsp3) is 0.727. The van der Waals surface area contributed by atoms with Crippen molar-refractivity contribution in [3.63, 3.8) is 0 Å². The average molecular weight is 183 g/mol. The standard InChI is InChI=1S/C11H21NO/c1-5-6-7-8-12-10(13)9-11(2,3)4/h5-6H,7-9H2,1-4H3,(H,12,13)/b6-5+. The number of hydrogen-bond donors (Lipinski definition) is 1. The Morgan fingerprint density at radius 3 is 2.46 bits per heavy atom. The number of carbonyl (C=O) groups excluding carboxylic acids is 1. The van der Waals surface area contributed by atoms with Gasteiger partial charge >= 0.3 is 0 Å². The Balaban J connectivity index is 3.52. The Morgan fingerprint density at radius 2 is 2.00 bits per heavy atom. The molecule has 0 fully saturated rings. The average Bonchev–Trinajstić information content (AvgIpc) is 1.94. The van der Waals surface area contributed by atoms with Crippen molar-refractivity contribution in [2.75, 3.05) is 6.54 Å². The Kier molecular flexibility index (Phi) is 5.44. The lowest BCUT2D eigenvalue weighted by molar-refractivity contribution is -0.122. The Labute approximate surface area is 81.4 Å². The maximum Gasteiger partial charge on any atom is 0.220 e. The molecule has 0 aliphatic heterocycles. The van der Waals surface area contributed by atoms with Gasteiger partial charge in [0, 0.05) is 13.0 Å². The van der Waals surface area contributed by atoms with Crippen molar-refractivity contribution >= 4 is 5.91 Å². The zero-order valence-corrected chi connectivity index (χ0v) is 9.18. The lowest BCUT2D eigenvalue weighted by Gasteiger charge is -2.16. The molecule has 0 aromatic heterocycles. The molecule has 0 aliphatic rings. The van der Waals surface area contributed by atoms with Crippen LogP contribution >= 0.6 is 0 Å². The van der Waals surface area contributed by atoms with Crippen LogP contribution in [-0.4, -0.2) is 12.5 Å². The molecule has 0 rings (SSSR count). The fourth-order valence-electron chi connectivity index (χ4n) is 1.01. The zero-order chi connectivity index (χ0) is 10.3. The van der Waals surface area contributed by atoms with Gasteiger partial charge in [0.15, 0.2) is 0 Å². The van der Waals surface area contributed by atoms with E-state index in [9.17, 15) is 4.79 Å². The molecule has 0 saturated carbocycles. The zero-order valence-electron chi connectivity index (χ0n) is 9.18. The molecule has 1 amide bonds. The van der Waals surface area contributed by atoms with E-state index in [0.29, 0.717) is 6.42 Å². The van der Waals surface area contributed by atoms with E-state index in [-0.39, 0.29) is 11.3 Å². The van der Waals surface area contributed by atoms with Crippen molar-refractivity contribution in [1.82, 2.24) is 5.32 Å². The van der Waals surface area contributed by atoms with Gasteiger partial charge in [-0.15, -0.1) is 0 Å². The summed E-state index contributed by atoms with van der Waals surface area (Å²) in [7, 11) is 0. The minimum Gasteiger partial charge on any atom is -0.356 e. The third kappa shape index (κ3) is 9.12. The van der Waals surface area contributed by atoms with Gasteiger partial charge in [0.25, 0.3) is 0 Å². The summed E-state index contributed by atoms with van der Waals surface area (Å²) in [5, 5.41) is 2.88. The number of allylic oxidation sites excluding steroid dienone is 1. The van der Waals surface area contributed by atoms with Gasteiger partial charge in [-0.3, -0.25) is 4.79 Å². The Bertz CT molecular complexity index is 177. The molecule has 13 heavy (non-hydrogen) atoms. The molecule has 0 aromatic carbocycles. The summed E-state index contributed by atoms with van der Waals surface area (Å²) in [5.74, 6) is 0.150. The molecular weight excluding hydrogens is 162 g/mol. The second-order valence-corrected chi connectivity index (χ2v) is 4.45. The predicted octanol–water partition coefficient (Wildman–Crippen LogP) is 2.51. The summed E-state index contributed by atoms with van der Waals surface area (Å²) < 4.78 is 0. The van der Waals surface area contributed by atoms with Crippen molar-refractivity contribution in [2.24, 2.45) is 5.41 Å². The summed E-state index contributed by atoms with van der Waals surface area (Å²) >= 11 is 0. The molecule has 0 radical (unpaired) electrons. The minimum absolute atomic E-state index is 0.0880. The van der Waals surface area contributed by atoms with E-state index in [2.05, 4.69) is 32.2 Å². The Morgan fingerprint density at radius 1 is 1.38 bits per heavy atom. The third-order valence-corrected chi connectivity index (χ3v) is 1.56. The van der Waals surface area contributed by atoms with Gasteiger partial charge in [0.2, 0.25) is 5.91 Å². The van der Waals surface area contributed by atoms with E-state index in [1.807, 2.05) is 13.0 Å². The van der Waals surface area contributed by atoms with Crippen LogP contribution in [0.5, 0.6) is 0 Å². The van der Waals surface area contributed by atoms with Gasteiger partial charge in [0.05, 0.1) is 0 Å². The highest BCUT2D eigenvalue weighted by molar-refractivity contribution is 5.76. The van der Waals surface area contributed by atoms with Gasteiger partial charge in [-0.2, -0.15) is 0 Å². The topological polar surface area (TPSA) is 29.1 Å². The van der Waals surface area contributed by atoms with Gasteiger partial charge in [-0.05, 0) is 18.8 Å². The molecule has 0 aliphatic carbocycles. The quantitative estimate of drug-likeness (QED) is 0.526. The molecule has 0 unspecified atom stereocenters. The number of carbonyl (C=O) groups is 1. The van der Waals surface area contributed by atoms with E-state index in [1.54, 1.807) is 0 Å². The third-order valence-electron chi connectivity index (χ3n) is 1.56. The molecule has 0 atom stereocenters. The number of amides is 1. The minimum atomic E-state index is 0.0880. The van der Waals surface area contributed by atoms with E-state index >= 15 is 0 Å². The first-order valence-corrected chi connectivity index (χ1v) is 4.83. The molecule has 0 heterocycles. The van der Waals surface area contributed by atoms with Crippen molar-refractivity contribution in [3.8, 4) is 0 Å². The van der Waals surface area contributed by atoms with Gasteiger partial charge in [0.1, 0.15) is 0 Å². The maximum absolute atomic E-state index is 11.3. The van der Waals surface area contributed by atoms with Crippen molar-refractivity contribution in [1.29, 1.82) is 0 Å². The van der Waals surface area contributed by atoms with Crippen LogP contribution in [-0.2, 0) is 4.79 Å². The van der Waals surface area contributed by atoms with Crippen LogP contribution in [0.1, 0.15) is 40.5 Å². The summed E-state index contributed by atoms with van der Waals surface area (Å²) in [6.07, 6.45) is 5.57. The van der Waals surface area contributed by atoms with Crippen LogP contribution in [0.15, 0.2) is 12.2 Å². The summed E-state index contributed by atoms with van der Waals surface area (Å²) in [6, 6.07) is 0. The van der Waals surface area contributed by atoms with Gasteiger partial charge in [-0.25, -0.2) is 0 Å².